The van der Waals surface area contributed by atoms with Gasteiger partial charge in [-0.15, -0.1) is 0 Å². The Morgan fingerprint density at radius 2 is 1.77 bits per heavy atom. The number of aromatic nitrogens is 4. The van der Waals surface area contributed by atoms with E-state index >= 15 is 0 Å². The van der Waals surface area contributed by atoms with E-state index in [1.54, 1.807) is 49.5 Å². The molecule has 0 aliphatic carbocycles. The van der Waals surface area contributed by atoms with E-state index in [1.807, 2.05) is 6.07 Å². The molecule has 0 amide bonds. The molecule has 0 N–H and O–H groups in total. The van der Waals surface area contributed by atoms with Crippen molar-refractivity contribution in [2.45, 2.75) is 13.1 Å². The summed E-state index contributed by atoms with van der Waals surface area (Å²) in [6.07, 6.45) is -1.47. The Kier molecular flexibility index (Phi) is 3.72. The predicted molar refractivity (Wildman–Crippen MR) is 91.8 cm³/mol. The molecule has 0 saturated carbocycles. The van der Waals surface area contributed by atoms with Gasteiger partial charge in [-0.25, -0.2) is 9.67 Å². The molecule has 4 aromatic rings. The Morgan fingerprint density at radius 1 is 1.00 bits per heavy atom. The second-order valence-corrected chi connectivity index (χ2v) is 5.83. The van der Waals surface area contributed by atoms with Crippen molar-refractivity contribution in [3.05, 3.63) is 72.2 Å². The van der Waals surface area contributed by atoms with E-state index in [-0.39, 0.29) is 22.4 Å². The molecule has 0 fully saturated rings. The van der Waals surface area contributed by atoms with E-state index in [1.165, 1.54) is 10.9 Å². The van der Waals surface area contributed by atoms with E-state index in [9.17, 15) is 13.2 Å². The van der Waals surface area contributed by atoms with Crippen LogP contribution in [-0.2, 0) is 6.18 Å². The van der Waals surface area contributed by atoms with Gasteiger partial charge in [-0.05, 0) is 37.3 Å². The van der Waals surface area contributed by atoms with Gasteiger partial charge in [0, 0.05) is 18.0 Å². The lowest BCUT2D eigenvalue weighted by Crippen LogP contribution is -2.08. The lowest BCUT2D eigenvalue weighted by atomic mass is 10.1. The molecule has 26 heavy (non-hydrogen) atoms. The van der Waals surface area contributed by atoms with Crippen LogP contribution in [-0.4, -0.2) is 19.7 Å². The van der Waals surface area contributed by atoms with Crippen LogP contribution >= 0.6 is 0 Å². The number of halogens is 3. The summed E-state index contributed by atoms with van der Waals surface area (Å²) in [5.41, 5.74) is 1.06. The van der Waals surface area contributed by atoms with E-state index < -0.39 is 11.7 Å². The standard InChI is InChI=1S/C19H13F3N4/c1-12-17-15(19(20,21)22)10-16(13-6-5-9-23-11-13)24-18(17)26(25-12)14-7-3-2-4-8-14/h2-11H,1H3. The molecule has 7 heteroatoms. The summed E-state index contributed by atoms with van der Waals surface area (Å²) in [4.78, 5) is 8.45. The molecule has 0 atom stereocenters. The Morgan fingerprint density at radius 3 is 2.42 bits per heavy atom. The average Bonchev–Trinajstić information content (AvgIpc) is 2.98. The van der Waals surface area contributed by atoms with Crippen LogP contribution in [0.3, 0.4) is 0 Å². The van der Waals surface area contributed by atoms with Crippen LogP contribution in [0, 0.1) is 6.92 Å². The maximum absolute atomic E-state index is 13.7. The van der Waals surface area contributed by atoms with Crippen LogP contribution in [0.25, 0.3) is 28.0 Å². The molecule has 1 aromatic carbocycles. The van der Waals surface area contributed by atoms with Crippen molar-refractivity contribution in [2.75, 3.05) is 0 Å². The zero-order chi connectivity index (χ0) is 18.3. The van der Waals surface area contributed by atoms with Gasteiger partial charge in [-0.2, -0.15) is 18.3 Å². The molecule has 130 valence electrons. The SMILES string of the molecule is Cc1nn(-c2ccccc2)c2nc(-c3cccnc3)cc(C(F)(F)F)c12. The summed E-state index contributed by atoms with van der Waals surface area (Å²) in [6, 6.07) is 13.4. The van der Waals surface area contributed by atoms with Crippen molar-refractivity contribution in [2.24, 2.45) is 0 Å². The third-order valence-corrected chi connectivity index (χ3v) is 4.08. The number of hydrogen-bond acceptors (Lipinski definition) is 3. The number of pyridine rings is 2. The van der Waals surface area contributed by atoms with Gasteiger partial charge in [0.25, 0.3) is 0 Å². The maximum atomic E-state index is 13.7. The Bertz CT molecular complexity index is 1070. The zero-order valence-corrected chi connectivity index (χ0v) is 13.7. The molecule has 0 aliphatic rings. The summed E-state index contributed by atoms with van der Waals surface area (Å²) in [6.45, 7) is 1.56. The van der Waals surface area contributed by atoms with Crippen molar-refractivity contribution < 1.29 is 13.2 Å². The first-order valence-electron chi connectivity index (χ1n) is 7.88. The van der Waals surface area contributed by atoms with Gasteiger partial charge >= 0.3 is 6.18 Å². The zero-order valence-electron chi connectivity index (χ0n) is 13.7. The summed E-state index contributed by atoms with van der Waals surface area (Å²) < 4.78 is 42.6. The lowest BCUT2D eigenvalue weighted by Gasteiger charge is -2.11. The van der Waals surface area contributed by atoms with Gasteiger partial charge in [0.1, 0.15) is 0 Å². The quantitative estimate of drug-likeness (QED) is 0.519. The van der Waals surface area contributed by atoms with E-state index in [4.69, 9.17) is 0 Å². The molecule has 0 unspecified atom stereocenters. The normalized spacial score (nSPS) is 11.8. The van der Waals surface area contributed by atoms with Crippen molar-refractivity contribution >= 4 is 11.0 Å². The molecule has 4 nitrogen and oxygen atoms in total. The fourth-order valence-electron chi connectivity index (χ4n) is 2.92. The highest BCUT2D eigenvalue weighted by atomic mass is 19.4. The average molecular weight is 354 g/mol. The summed E-state index contributed by atoms with van der Waals surface area (Å²) in [7, 11) is 0. The number of nitrogens with zero attached hydrogens (tertiary/aromatic N) is 4. The molecule has 0 aliphatic heterocycles. The number of para-hydroxylation sites is 1. The van der Waals surface area contributed by atoms with E-state index in [0.717, 1.165) is 6.07 Å². The Labute approximate surface area is 147 Å². The minimum absolute atomic E-state index is 0.00833. The number of rotatable bonds is 2. The minimum atomic E-state index is -4.52. The first-order chi connectivity index (χ1) is 12.4. The van der Waals surface area contributed by atoms with Gasteiger partial charge in [0.15, 0.2) is 5.65 Å². The first kappa shape index (κ1) is 16.3. The summed E-state index contributed by atoms with van der Waals surface area (Å²) in [5.74, 6) is 0. The minimum Gasteiger partial charge on any atom is -0.264 e. The molecule has 0 saturated heterocycles. The van der Waals surface area contributed by atoms with Crippen LogP contribution in [0.5, 0.6) is 0 Å². The smallest absolute Gasteiger partial charge is 0.264 e. The second-order valence-electron chi connectivity index (χ2n) is 5.83. The number of aryl methyl sites for hydroxylation is 1. The van der Waals surface area contributed by atoms with Crippen molar-refractivity contribution in [3.8, 4) is 16.9 Å². The molecule has 3 heterocycles. The lowest BCUT2D eigenvalue weighted by molar-refractivity contribution is -0.136. The molecule has 4 rings (SSSR count). The highest BCUT2D eigenvalue weighted by molar-refractivity contribution is 5.86. The Hall–Kier alpha value is -3.22. The third-order valence-electron chi connectivity index (χ3n) is 4.08. The Balaban J connectivity index is 2.08. The molecular weight excluding hydrogens is 341 g/mol. The topological polar surface area (TPSA) is 43.6 Å². The van der Waals surface area contributed by atoms with Crippen LogP contribution in [0.2, 0.25) is 0 Å². The maximum Gasteiger partial charge on any atom is 0.417 e. The number of fused-ring (bicyclic) bond motifs is 1. The van der Waals surface area contributed by atoms with Gasteiger partial charge in [0.2, 0.25) is 0 Å². The van der Waals surface area contributed by atoms with Gasteiger partial charge in [-0.3, -0.25) is 4.98 Å². The highest BCUT2D eigenvalue weighted by Gasteiger charge is 2.35. The summed E-state index contributed by atoms with van der Waals surface area (Å²) in [5, 5.41) is 4.32. The van der Waals surface area contributed by atoms with Crippen molar-refractivity contribution in [3.63, 3.8) is 0 Å². The number of alkyl halides is 3. The number of benzene rings is 1. The highest BCUT2D eigenvalue weighted by Crippen LogP contribution is 2.38. The molecule has 3 aromatic heterocycles. The monoisotopic (exact) mass is 354 g/mol. The van der Waals surface area contributed by atoms with E-state index in [0.29, 0.717) is 11.3 Å². The first-order valence-corrected chi connectivity index (χ1v) is 7.88. The summed E-state index contributed by atoms with van der Waals surface area (Å²) >= 11 is 0. The molecular formula is C19H13F3N4. The number of hydrogen-bond donors (Lipinski definition) is 0. The molecule has 0 spiro atoms. The van der Waals surface area contributed by atoms with Gasteiger partial charge < -0.3 is 0 Å². The van der Waals surface area contributed by atoms with Gasteiger partial charge in [0.05, 0.1) is 28.0 Å². The molecule has 0 bridgehead atoms. The van der Waals surface area contributed by atoms with Crippen LogP contribution in [0.1, 0.15) is 11.3 Å². The largest absolute Gasteiger partial charge is 0.417 e. The van der Waals surface area contributed by atoms with E-state index in [2.05, 4.69) is 15.1 Å². The second kappa shape index (κ2) is 5.94. The fraction of sp³-hybridized carbons (Fsp3) is 0.105. The van der Waals surface area contributed by atoms with Crippen molar-refractivity contribution in [1.29, 1.82) is 0 Å². The van der Waals surface area contributed by atoms with Crippen LogP contribution in [0.15, 0.2) is 60.9 Å². The third kappa shape index (κ3) is 2.71. The van der Waals surface area contributed by atoms with Gasteiger partial charge in [-0.1, -0.05) is 18.2 Å². The van der Waals surface area contributed by atoms with Crippen LogP contribution < -0.4 is 0 Å². The van der Waals surface area contributed by atoms with Crippen molar-refractivity contribution in [1.82, 2.24) is 19.7 Å². The predicted octanol–water partition coefficient (Wildman–Crippen LogP) is 4.81. The van der Waals surface area contributed by atoms with Crippen LogP contribution in [0.4, 0.5) is 13.2 Å². The molecule has 0 radical (unpaired) electrons. The fourth-order valence-corrected chi connectivity index (χ4v) is 2.92.